The zero-order valence-corrected chi connectivity index (χ0v) is 18.7. The Bertz CT molecular complexity index is 1060. The predicted molar refractivity (Wildman–Crippen MR) is 136 cm³/mol. The van der Waals surface area contributed by atoms with Gasteiger partial charge in [0.2, 0.25) is 0 Å². The van der Waals surface area contributed by atoms with Crippen LogP contribution in [-0.2, 0) is 6.42 Å². The fourth-order valence-corrected chi connectivity index (χ4v) is 3.14. The minimum atomic E-state index is -0.400. The number of benzene rings is 3. The molecule has 0 saturated heterocycles. The Hall–Kier alpha value is -3.05. The van der Waals surface area contributed by atoms with Crippen molar-refractivity contribution in [2.75, 3.05) is 10.6 Å². The fourth-order valence-electron chi connectivity index (χ4n) is 2.93. The molecule has 2 radical (unpaired) electrons. The van der Waals surface area contributed by atoms with Gasteiger partial charge >= 0.3 is 0 Å². The van der Waals surface area contributed by atoms with Gasteiger partial charge in [0.1, 0.15) is 5.82 Å². The fraction of sp³-hybridized carbons (Fsp3) is 0.154. The van der Waals surface area contributed by atoms with Gasteiger partial charge in [0, 0.05) is 26.2 Å². The van der Waals surface area contributed by atoms with Gasteiger partial charge in [0.15, 0.2) is 0 Å². The molecule has 3 rings (SSSR count). The Labute approximate surface area is 192 Å². The van der Waals surface area contributed by atoms with Crippen molar-refractivity contribution in [3.05, 3.63) is 109 Å². The number of hydrogen-bond donors (Lipinski definition) is 2. The lowest BCUT2D eigenvalue weighted by Crippen LogP contribution is -2.15. The van der Waals surface area contributed by atoms with E-state index in [2.05, 4.69) is 24.5 Å². The summed E-state index contributed by atoms with van der Waals surface area (Å²) in [5.74, 6) is -0.709. The average Bonchev–Trinajstić information content (AvgIpc) is 2.76. The summed E-state index contributed by atoms with van der Waals surface area (Å²) in [6.45, 7) is 11.0. The second kappa shape index (κ2) is 12.0. The van der Waals surface area contributed by atoms with Crippen LogP contribution in [0, 0.1) is 26.6 Å². The molecule has 0 heterocycles. The van der Waals surface area contributed by atoms with Crippen molar-refractivity contribution in [3.63, 3.8) is 0 Å². The molecule has 2 N–H and O–H groups in total. The van der Waals surface area contributed by atoms with Crippen molar-refractivity contribution in [3.8, 4) is 0 Å². The summed E-state index contributed by atoms with van der Waals surface area (Å²) in [5, 5.41) is 5.94. The van der Waals surface area contributed by atoms with E-state index in [0.29, 0.717) is 22.7 Å². The second-order valence-electron chi connectivity index (χ2n) is 6.81. The molecule has 0 saturated carbocycles. The lowest BCUT2D eigenvalue weighted by Gasteiger charge is -2.13. The zero-order valence-electron chi connectivity index (χ0n) is 17.9. The van der Waals surface area contributed by atoms with E-state index >= 15 is 0 Å². The predicted octanol–water partition coefficient (Wildman–Crippen LogP) is 7.27. The summed E-state index contributed by atoms with van der Waals surface area (Å²) in [7, 11) is 0. The molecule has 0 fully saturated rings. The molecule has 0 aliphatic rings. The van der Waals surface area contributed by atoms with Crippen LogP contribution in [-0.4, -0.2) is 10.9 Å². The van der Waals surface area contributed by atoms with Crippen molar-refractivity contribution in [1.82, 2.24) is 0 Å². The molecule has 5 heteroatoms. The SMILES string of the molecule is [CH2]C.[CH2]c1ccccc1CCC(=S)Nc1cc(C(=O)Nc2cccc(F)c2)ccc1C.[HH].[HH]. The van der Waals surface area contributed by atoms with Crippen molar-refractivity contribution < 1.29 is 12.0 Å². The van der Waals surface area contributed by atoms with Crippen molar-refractivity contribution >= 4 is 34.5 Å². The summed E-state index contributed by atoms with van der Waals surface area (Å²) < 4.78 is 13.3. The molecular formula is C26H31FN2OS. The van der Waals surface area contributed by atoms with Gasteiger partial charge in [0.05, 0.1) is 4.99 Å². The molecule has 0 aliphatic carbocycles. The number of amides is 1. The molecule has 31 heavy (non-hydrogen) atoms. The molecule has 0 atom stereocenters. The van der Waals surface area contributed by atoms with E-state index in [0.717, 1.165) is 28.8 Å². The van der Waals surface area contributed by atoms with E-state index in [1.807, 2.05) is 37.3 Å². The molecule has 0 spiro atoms. The second-order valence-corrected chi connectivity index (χ2v) is 7.30. The number of nitrogens with one attached hydrogen (secondary N) is 2. The average molecular weight is 439 g/mol. The molecule has 3 nitrogen and oxygen atoms in total. The van der Waals surface area contributed by atoms with Gasteiger partial charge in [-0.1, -0.05) is 62.5 Å². The van der Waals surface area contributed by atoms with Crippen molar-refractivity contribution in [2.24, 2.45) is 0 Å². The summed E-state index contributed by atoms with van der Waals surface area (Å²) in [6.07, 6.45) is 1.48. The third kappa shape index (κ3) is 7.30. The lowest BCUT2D eigenvalue weighted by molar-refractivity contribution is 0.102. The Morgan fingerprint density at radius 1 is 1.03 bits per heavy atom. The molecule has 164 valence electrons. The monoisotopic (exact) mass is 438 g/mol. The van der Waals surface area contributed by atoms with Gasteiger partial charge in [-0.25, -0.2) is 4.39 Å². The van der Waals surface area contributed by atoms with E-state index in [4.69, 9.17) is 12.2 Å². The number of rotatable bonds is 6. The van der Waals surface area contributed by atoms with Crippen molar-refractivity contribution in [2.45, 2.75) is 26.7 Å². The Morgan fingerprint density at radius 3 is 2.48 bits per heavy atom. The quantitative estimate of drug-likeness (QED) is 0.398. The van der Waals surface area contributed by atoms with Crippen LogP contribution < -0.4 is 10.6 Å². The maximum atomic E-state index is 13.3. The summed E-state index contributed by atoms with van der Waals surface area (Å²) >= 11 is 5.49. The van der Waals surface area contributed by atoms with Gasteiger partial charge < -0.3 is 10.6 Å². The number of aryl methyl sites for hydroxylation is 2. The number of carbonyl (C=O) groups excluding carboxylic acids is 1. The van der Waals surface area contributed by atoms with Crippen molar-refractivity contribution in [1.29, 1.82) is 0 Å². The number of thiocarbonyl (C=S) groups is 1. The highest BCUT2D eigenvalue weighted by molar-refractivity contribution is 7.80. The van der Waals surface area contributed by atoms with Gasteiger partial charge in [-0.3, -0.25) is 4.79 Å². The number of hydrogen-bond acceptors (Lipinski definition) is 2. The van der Waals surface area contributed by atoms with Crippen LogP contribution in [0.4, 0.5) is 15.8 Å². The summed E-state index contributed by atoms with van der Waals surface area (Å²) in [5.41, 5.74) is 4.80. The largest absolute Gasteiger partial charge is 0.350 e. The normalized spacial score (nSPS) is 9.97. The molecule has 0 aliphatic heterocycles. The van der Waals surface area contributed by atoms with E-state index in [-0.39, 0.29) is 8.76 Å². The first-order valence-corrected chi connectivity index (χ1v) is 10.4. The molecule has 3 aromatic carbocycles. The van der Waals surface area contributed by atoms with E-state index in [9.17, 15) is 9.18 Å². The van der Waals surface area contributed by atoms with Gasteiger partial charge in [-0.2, -0.15) is 0 Å². The van der Waals surface area contributed by atoms with Crippen LogP contribution in [0.3, 0.4) is 0 Å². The summed E-state index contributed by atoms with van der Waals surface area (Å²) in [4.78, 5) is 13.2. The molecule has 1 amide bonds. The Morgan fingerprint density at radius 2 is 1.77 bits per heavy atom. The highest BCUT2D eigenvalue weighted by atomic mass is 32.1. The molecular weight excluding hydrogens is 407 g/mol. The van der Waals surface area contributed by atoms with Crippen LogP contribution >= 0.6 is 12.2 Å². The number of anilines is 2. The molecule has 3 aromatic rings. The third-order valence-corrected chi connectivity index (χ3v) is 4.90. The van der Waals surface area contributed by atoms with Crippen LogP contribution in [0.15, 0.2) is 66.7 Å². The number of halogens is 1. The number of carbonyl (C=O) groups is 1. The van der Waals surface area contributed by atoms with E-state index in [1.165, 1.54) is 12.1 Å². The molecule has 0 unspecified atom stereocenters. The third-order valence-electron chi connectivity index (χ3n) is 4.60. The van der Waals surface area contributed by atoms with Gasteiger partial charge in [0.25, 0.3) is 5.91 Å². The first-order valence-electron chi connectivity index (χ1n) is 10.0. The highest BCUT2D eigenvalue weighted by Gasteiger charge is 2.10. The minimum Gasteiger partial charge on any atom is -0.350 e. The smallest absolute Gasteiger partial charge is 0.255 e. The first kappa shape index (κ1) is 24.2. The van der Waals surface area contributed by atoms with Gasteiger partial charge in [-0.05, 0) is 67.3 Å². The maximum absolute atomic E-state index is 13.3. The molecule has 0 bridgehead atoms. The van der Waals surface area contributed by atoms with Crippen LogP contribution in [0.2, 0.25) is 0 Å². The minimum absolute atomic E-state index is 0. The standard InChI is InChI=1S/C24H22FN2OS.C2H5.2H2/c1-16-6-3-4-7-18(16)12-13-23(29)27-22-14-19(11-10-17(22)2)24(28)26-21-9-5-8-20(25)15-21;1-2;;/h3-11,14-15H,1,12-13H2,2H3,(H,26,28)(H,27,29);1H2,2H3;2*1H. The lowest BCUT2D eigenvalue weighted by atomic mass is 10.0. The topological polar surface area (TPSA) is 41.1 Å². The Kier molecular flexibility index (Phi) is 9.35. The van der Waals surface area contributed by atoms with Crippen LogP contribution in [0.5, 0.6) is 0 Å². The zero-order chi connectivity index (χ0) is 22.8. The van der Waals surface area contributed by atoms with E-state index in [1.54, 1.807) is 31.2 Å². The maximum Gasteiger partial charge on any atom is 0.255 e. The van der Waals surface area contributed by atoms with Crippen LogP contribution in [0.25, 0.3) is 0 Å². The first-order chi connectivity index (χ1) is 14.9. The van der Waals surface area contributed by atoms with Crippen LogP contribution in [0.1, 0.15) is 43.2 Å². The van der Waals surface area contributed by atoms with E-state index < -0.39 is 5.82 Å². The summed E-state index contributed by atoms with van der Waals surface area (Å²) in [6, 6.07) is 19.1. The Balaban J connectivity index is 0.00000249. The molecule has 0 aromatic heterocycles. The van der Waals surface area contributed by atoms with Gasteiger partial charge in [-0.15, -0.1) is 0 Å². The highest BCUT2D eigenvalue weighted by Crippen LogP contribution is 2.20.